The van der Waals surface area contributed by atoms with Gasteiger partial charge in [0.05, 0.1) is 24.9 Å². The number of rotatable bonds is 2. The molecule has 4 nitrogen and oxygen atoms in total. The van der Waals surface area contributed by atoms with Gasteiger partial charge in [-0.15, -0.1) is 0 Å². The third kappa shape index (κ3) is 2.08. The fourth-order valence-electron chi connectivity index (χ4n) is 1.89. The first-order valence-corrected chi connectivity index (χ1v) is 5.11. The first-order valence-electron chi connectivity index (χ1n) is 5.11. The van der Waals surface area contributed by atoms with Gasteiger partial charge >= 0.3 is 0 Å². The molecule has 5 atom stereocenters. The van der Waals surface area contributed by atoms with E-state index < -0.39 is 18.3 Å². The topological polar surface area (TPSA) is 69.9 Å². The van der Waals surface area contributed by atoms with E-state index in [-0.39, 0.29) is 24.5 Å². The molecule has 1 heterocycles. The van der Waals surface area contributed by atoms with E-state index in [1.807, 2.05) is 13.8 Å². The molecule has 1 fully saturated rings. The van der Waals surface area contributed by atoms with Crippen molar-refractivity contribution < 1.29 is 20.1 Å². The third-order valence-corrected chi connectivity index (χ3v) is 2.98. The van der Waals surface area contributed by atoms with E-state index in [2.05, 4.69) is 0 Å². The van der Waals surface area contributed by atoms with E-state index in [1.54, 1.807) is 6.92 Å². The van der Waals surface area contributed by atoms with Gasteiger partial charge in [-0.3, -0.25) is 0 Å². The Morgan fingerprint density at radius 2 is 1.79 bits per heavy atom. The molecule has 14 heavy (non-hydrogen) atoms. The Morgan fingerprint density at radius 1 is 1.21 bits per heavy atom. The molecule has 84 valence electrons. The molecule has 1 saturated heterocycles. The van der Waals surface area contributed by atoms with Crippen molar-refractivity contribution in [1.29, 1.82) is 0 Å². The van der Waals surface area contributed by atoms with E-state index in [9.17, 15) is 10.2 Å². The normalized spacial score (nSPS) is 44.4. The first-order chi connectivity index (χ1) is 6.49. The molecule has 3 N–H and O–H groups in total. The summed E-state index contributed by atoms with van der Waals surface area (Å²) in [6.45, 7) is 5.50. The van der Waals surface area contributed by atoms with Gasteiger partial charge in [-0.05, 0) is 5.92 Å². The van der Waals surface area contributed by atoms with Crippen LogP contribution in [0.25, 0.3) is 0 Å². The minimum atomic E-state index is -0.854. The Labute approximate surface area is 84.5 Å². The standard InChI is InChI=1S/C10H20O4/c1-5(2)10-9(13)8(12)6(3)7(4-11)14-10/h5-13H,4H2,1-3H3/t6-,7?,8?,9?,10+/m1/s1. The van der Waals surface area contributed by atoms with Crippen molar-refractivity contribution in [3.63, 3.8) is 0 Å². The highest BCUT2D eigenvalue weighted by Gasteiger charge is 2.42. The van der Waals surface area contributed by atoms with Crippen molar-refractivity contribution in [2.24, 2.45) is 11.8 Å². The van der Waals surface area contributed by atoms with E-state index in [4.69, 9.17) is 9.84 Å². The van der Waals surface area contributed by atoms with Gasteiger partial charge in [-0.1, -0.05) is 20.8 Å². The highest BCUT2D eigenvalue weighted by atomic mass is 16.5. The molecular weight excluding hydrogens is 184 g/mol. The van der Waals surface area contributed by atoms with Crippen molar-refractivity contribution in [3.05, 3.63) is 0 Å². The van der Waals surface area contributed by atoms with Crippen LogP contribution in [0, 0.1) is 11.8 Å². The van der Waals surface area contributed by atoms with Crippen LogP contribution in [0.2, 0.25) is 0 Å². The SMILES string of the molecule is CC(C)[C@@H]1OC(CO)[C@@H](C)C(O)C1O. The highest BCUT2D eigenvalue weighted by Crippen LogP contribution is 2.29. The van der Waals surface area contributed by atoms with E-state index in [0.29, 0.717) is 0 Å². The second kappa shape index (κ2) is 4.57. The Balaban J connectivity index is 2.73. The van der Waals surface area contributed by atoms with Crippen LogP contribution in [-0.4, -0.2) is 46.3 Å². The van der Waals surface area contributed by atoms with Gasteiger partial charge in [0.1, 0.15) is 6.10 Å². The predicted octanol–water partition coefficient (Wildman–Crippen LogP) is -0.240. The summed E-state index contributed by atoms with van der Waals surface area (Å²) in [6, 6.07) is 0. The minimum absolute atomic E-state index is 0.117. The lowest BCUT2D eigenvalue weighted by Crippen LogP contribution is -2.56. The van der Waals surface area contributed by atoms with Gasteiger partial charge < -0.3 is 20.1 Å². The zero-order valence-corrected chi connectivity index (χ0v) is 8.92. The van der Waals surface area contributed by atoms with E-state index in [1.165, 1.54) is 0 Å². The molecule has 0 amide bonds. The zero-order chi connectivity index (χ0) is 10.9. The summed E-state index contributed by atoms with van der Waals surface area (Å²) in [5, 5.41) is 28.5. The van der Waals surface area contributed by atoms with Crippen molar-refractivity contribution in [2.45, 2.75) is 45.2 Å². The summed E-state index contributed by atoms with van der Waals surface area (Å²) in [5.41, 5.74) is 0. The van der Waals surface area contributed by atoms with Crippen LogP contribution < -0.4 is 0 Å². The molecule has 1 aliphatic rings. The van der Waals surface area contributed by atoms with Crippen LogP contribution >= 0.6 is 0 Å². The molecule has 0 aromatic carbocycles. The number of hydrogen-bond acceptors (Lipinski definition) is 4. The molecule has 3 unspecified atom stereocenters. The summed E-state index contributed by atoms with van der Waals surface area (Å²) in [6.07, 6.45) is -2.43. The Bertz CT molecular complexity index is 181. The quantitative estimate of drug-likeness (QED) is 0.580. The maximum Gasteiger partial charge on any atom is 0.107 e. The number of ether oxygens (including phenoxy) is 1. The number of aliphatic hydroxyl groups excluding tert-OH is 3. The van der Waals surface area contributed by atoms with Crippen LogP contribution in [0.15, 0.2) is 0 Å². The summed E-state index contributed by atoms with van der Waals surface area (Å²) < 4.78 is 5.53. The summed E-state index contributed by atoms with van der Waals surface area (Å²) in [4.78, 5) is 0. The average Bonchev–Trinajstić information content (AvgIpc) is 2.14. The Kier molecular flexibility index (Phi) is 3.89. The summed E-state index contributed by atoms with van der Waals surface area (Å²) >= 11 is 0. The molecule has 0 bridgehead atoms. The van der Waals surface area contributed by atoms with Crippen LogP contribution in [0.5, 0.6) is 0 Å². The molecule has 0 aliphatic carbocycles. The van der Waals surface area contributed by atoms with Gasteiger partial charge in [-0.25, -0.2) is 0 Å². The average molecular weight is 204 g/mol. The molecule has 0 spiro atoms. The molecular formula is C10H20O4. The smallest absolute Gasteiger partial charge is 0.107 e. The molecule has 1 aliphatic heterocycles. The van der Waals surface area contributed by atoms with Gasteiger partial charge in [0.2, 0.25) is 0 Å². The molecule has 0 radical (unpaired) electrons. The van der Waals surface area contributed by atoms with Crippen LogP contribution in [-0.2, 0) is 4.74 Å². The summed E-state index contributed by atoms with van der Waals surface area (Å²) in [5.74, 6) is -0.105. The Hall–Kier alpha value is -0.160. The molecule has 0 saturated carbocycles. The Morgan fingerprint density at radius 3 is 2.21 bits per heavy atom. The second-order valence-electron chi connectivity index (χ2n) is 4.41. The van der Waals surface area contributed by atoms with Gasteiger partial charge in [0.15, 0.2) is 0 Å². The molecule has 1 rings (SSSR count). The van der Waals surface area contributed by atoms with Crippen LogP contribution in [0.3, 0.4) is 0 Å². The lowest BCUT2D eigenvalue weighted by Gasteiger charge is -2.42. The molecule has 0 aromatic heterocycles. The number of aliphatic hydroxyl groups is 3. The van der Waals surface area contributed by atoms with E-state index in [0.717, 1.165) is 0 Å². The van der Waals surface area contributed by atoms with Gasteiger partial charge in [0.25, 0.3) is 0 Å². The minimum Gasteiger partial charge on any atom is -0.394 e. The van der Waals surface area contributed by atoms with Crippen molar-refractivity contribution in [2.75, 3.05) is 6.61 Å². The lowest BCUT2D eigenvalue weighted by molar-refractivity contribution is -0.215. The first kappa shape index (κ1) is 11.9. The second-order valence-corrected chi connectivity index (χ2v) is 4.41. The van der Waals surface area contributed by atoms with Crippen LogP contribution in [0.1, 0.15) is 20.8 Å². The predicted molar refractivity (Wildman–Crippen MR) is 51.8 cm³/mol. The number of hydrogen-bond donors (Lipinski definition) is 3. The fourth-order valence-corrected chi connectivity index (χ4v) is 1.89. The van der Waals surface area contributed by atoms with Crippen molar-refractivity contribution >= 4 is 0 Å². The fraction of sp³-hybridized carbons (Fsp3) is 1.00. The molecule has 4 heteroatoms. The maximum atomic E-state index is 9.73. The highest BCUT2D eigenvalue weighted by molar-refractivity contribution is 4.90. The lowest BCUT2D eigenvalue weighted by atomic mass is 9.85. The van der Waals surface area contributed by atoms with Crippen molar-refractivity contribution in [3.8, 4) is 0 Å². The third-order valence-electron chi connectivity index (χ3n) is 2.98. The molecule has 0 aromatic rings. The summed E-state index contributed by atoms with van der Waals surface area (Å²) in [7, 11) is 0. The monoisotopic (exact) mass is 204 g/mol. The maximum absolute atomic E-state index is 9.73. The van der Waals surface area contributed by atoms with Gasteiger partial charge in [-0.2, -0.15) is 0 Å². The van der Waals surface area contributed by atoms with Crippen LogP contribution in [0.4, 0.5) is 0 Å². The van der Waals surface area contributed by atoms with E-state index >= 15 is 0 Å². The zero-order valence-electron chi connectivity index (χ0n) is 8.92. The largest absolute Gasteiger partial charge is 0.394 e. The van der Waals surface area contributed by atoms with Crippen molar-refractivity contribution in [1.82, 2.24) is 0 Å². The van der Waals surface area contributed by atoms with Gasteiger partial charge in [0, 0.05) is 5.92 Å².